The van der Waals surface area contributed by atoms with Crippen molar-refractivity contribution in [1.82, 2.24) is 9.80 Å². The Hall–Kier alpha value is -2.33. The van der Waals surface area contributed by atoms with Crippen molar-refractivity contribution >= 4 is 29.7 Å². The SMILES string of the molecule is O=C(c1scc2c1OCCO2)N1CCC2(CC1)CC(CN1CCCC1)OC2=O.O=CO. The van der Waals surface area contributed by atoms with Crippen LogP contribution >= 0.6 is 11.3 Å². The number of hydrogen-bond donors (Lipinski definition) is 1. The fourth-order valence-electron chi connectivity index (χ4n) is 4.89. The smallest absolute Gasteiger partial charge is 0.312 e. The first-order valence-electron chi connectivity index (χ1n) is 10.7. The Morgan fingerprint density at radius 3 is 2.58 bits per heavy atom. The van der Waals surface area contributed by atoms with Crippen LogP contribution < -0.4 is 9.47 Å². The molecule has 31 heavy (non-hydrogen) atoms. The van der Waals surface area contributed by atoms with Crippen LogP contribution in [0, 0.1) is 5.41 Å². The van der Waals surface area contributed by atoms with Gasteiger partial charge in [0.2, 0.25) is 0 Å². The number of likely N-dealkylation sites (tertiary alicyclic amines) is 2. The second-order valence-corrected chi connectivity index (χ2v) is 9.25. The molecular formula is C21H28N2O7S. The summed E-state index contributed by atoms with van der Waals surface area (Å²) in [5, 5.41) is 8.73. The first-order chi connectivity index (χ1) is 15.1. The van der Waals surface area contributed by atoms with E-state index >= 15 is 0 Å². The summed E-state index contributed by atoms with van der Waals surface area (Å²) < 4.78 is 16.9. The van der Waals surface area contributed by atoms with Crippen molar-refractivity contribution in [2.24, 2.45) is 5.41 Å². The maximum Gasteiger partial charge on any atom is 0.312 e. The highest BCUT2D eigenvalue weighted by Gasteiger charge is 2.51. The third-order valence-electron chi connectivity index (χ3n) is 6.49. The molecule has 4 aliphatic rings. The van der Waals surface area contributed by atoms with E-state index in [1.54, 1.807) is 0 Å². The molecule has 3 fully saturated rings. The van der Waals surface area contributed by atoms with E-state index in [1.807, 2.05) is 10.3 Å². The molecule has 0 bridgehead atoms. The van der Waals surface area contributed by atoms with Gasteiger partial charge in [-0.15, -0.1) is 11.3 Å². The summed E-state index contributed by atoms with van der Waals surface area (Å²) in [4.78, 5) is 38.9. The highest BCUT2D eigenvalue weighted by Crippen LogP contribution is 2.45. The Kier molecular flexibility index (Phi) is 6.66. The summed E-state index contributed by atoms with van der Waals surface area (Å²) in [7, 11) is 0. The van der Waals surface area contributed by atoms with Crippen LogP contribution in [0.4, 0.5) is 0 Å². The normalized spacial score (nSPS) is 24.5. The molecular weight excluding hydrogens is 424 g/mol. The van der Waals surface area contributed by atoms with E-state index in [4.69, 9.17) is 24.1 Å². The van der Waals surface area contributed by atoms with Gasteiger partial charge in [0.1, 0.15) is 24.2 Å². The standard InChI is InChI=1S/C20H26N2O5S.CH2O2/c23-18(17-16-15(13-28-17)25-9-10-26-16)22-7-3-20(4-8-22)11-14(27-19(20)24)12-21-5-1-2-6-21;2-1-3/h13-14H,1-12H2;1H,(H,2,3). The molecule has 1 spiro atoms. The highest BCUT2D eigenvalue weighted by molar-refractivity contribution is 7.12. The molecule has 170 valence electrons. The van der Waals surface area contributed by atoms with Gasteiger partial charge in [0.25, 0.3) is 12.4 Å². The van der Waals surface area contributed by atoms with Crippen molar-refractivity contribution in [2.45, 2.75) is 38.2 Å². The minimum atomic E-state index is -0.407. The van der Waals surface area contributed by atoms with Crippen molar-refractivity contribution in [3.63, 3.8) is 0 Å². The number of carbonyl (C=O) groups is 3. The molecule has 3 saturated heterocycles. The van der Waals surface area contributed by atoms with Crippen LogP contribution in [0.25, 0.3) is 0 Å². The molecule has 1 amide bonds. The Bertz CT molecular complexity index is 813. The van der Waals surface area contributed by atoms with Gasteiger partial charge in [-0.2, -0.15) is 0 Å². The molecule has 5 heterocycles. The number of carboxylic acid groups (broad SMARTS) is 1. The lowest BCUT2D eigenvalue weighted by molar-refractivity contribution is -0.151. The van der Waals surface area contributed by atoms with E-state index < -0.39 is 5.41 Å². The molecule has 5 rings (SSSR count). The van der Waals surface area contributed by atoms with E-state index in [9.17, 15) is 9.59 Å². The van der Waals surface area contributed by atoms with E-state index in [2.05, 4.69) is 4.90 Å². The van der Waals surface area contributed by atoms with Crippen molar-refractivity contribution in [2.75, 3.05) is 45.9 Å². The number of fused-ring (bicyclic) bond motifs is 1. The van der Waals surface area contributed by atoms with Gasteiger partial charge in [0.05, 0.1) is 5.41 Å². The number of esters is 1. The molecule has 1 unspecified atom stereocenters. The molecule has 1 atom stereocenters. The molecule has 0 saturated carbocycles. The summed E-state index contributed by atoms with van der Waals surface area (Å²) >= 11 is 1.37. The predicted octanol–water partition coefficient (Wildman–Crippen LogP) is 1.85. The number of rotatable bonds is 3. The molecule has 4 aliphatic heterocycles. The maximum absolute atomic E-state index is 13.0. The molecule has 0 radical (unpaired) electrons. The highest BCUT2D eigenvalue weighted by atomic mass is 32.1. The zero-order valence-corrected chi connectivity index (χ0v) is 18.2. The zero-order chi connectivity index (χ0) is 21.8. The second-order valence-electron chi connectivity index (χ2n) is 8.37. The molecule has 1 aromatic heterocycles. The number of cyclic esters (lactones) is 1. The van der Waals surface area contributed by atoms with Gasteiger partial charge >= 0.3 is 5.97 Å². The van der Waals surface area contributed by atoms with Gasteiger partial charge in [-0.25, -0.2) is 0 Å². The lowest BCUT2D eigenvalue weighted by atomic mass is 9.76. The summed E-state index contributed by atoms with van der Waals surface area (Å²) in [5.74, 6) is 1.16. The molecule has 0 aromatic carbocycles. The average molecular weight is 453 g/mol. The van der Waals surface area contributed by atoms with Crippen molar-refractivity contribution in [3.05, 3.63) is 10.3 Å². The summed E-state index contributed by atoms with van der Waals surface area (Å²) in [6.45, 7) is 4.98. The van der Waals surface area contributed by atoms with Gasteiger partial charge in [-0.3, -0.25) is 19.3 Å². The fraction of sp³-hybridized carbons (Fsp3) is 0.667. The fourth-order valence-corrected chi connectivity index (χ4v) is 5.79. The summed E-state index contributed by atoms with van der Waals surface area (Å²) in [6.07, 6.45) is 4.63. The lowest BCUT2D eigenvalue weighted by Crippen LogP contribution is -2.45. The van der Waals surface area contributed by atoms with Crippen LogP contribution in [0.1, 0.15) is 41.8 Å². The molecule has 9 nitrogen and oxygen atoms in total. The number of carbonyl (C=O) groups excluding carboxylic acids is 2. The summed E-state index contributed by atoms with van der Waals surface area (Å²) in [5.41, 5.74) is -0.407. The van der Waals surface area contributed by atoms with Crippen LogP contribution in [0.2, 0.25) is 0 Å². The summed E-state index contributed by atoms with van der Waals surface area (Å²) in [6, 6.07) is 0. The second kappa shape index (κ2) is 9.44. The van der Waals surface area contributed by atoms with E-state index in [-0.39, 0.29) is 24.5 Å². The third-order valence-corrected chi connectivity index (χ3v) is 7.42. The van der Waals surface area contributed by atoms with E-state index in [1.165, 1.54) is 24.2 Å². The topological polar surface area (TPSA) is 106 Å². The Balaban J connectivity index is 0.000000730. The van der Waals surface area contributed by atoms with E-state index in [0.717, 1.165) is 26.1 Å². The van der Waals surface area contributed by atoms with Crippen molar-refractivity contribution in [3.8, 4) is 11.5 Å². The molecule has 1 aromatic rings. The number of piperidine rings is 1. The largest absolute Gasteiger partial charge is 0.485 e. The maximum atomic E-state index is 13.0. The number of nitrogens with zero attached hydrogens (tertiary/aromatic N) is 2. The Morgan fingerprint density at radius 1 is 1.19 bits per heavy atom. The monoisotopic (exact) mass is 452 g/mol. The van der Waals surface area contributed by atoms with E-state index in [0.29, 0.717) is 55.5 Å². The third kappa shape index (κ3) is 4.50. The lowest BCUT2D eigenvalue weighted by Gasteiger charge is -2.36. The average Bonchev–Trinajstić information content (AvgIpc) is 3.49. The number of thiophene rings is 1. The first kappa shape index (κ1) is 21.9. The molecule has 0 aliphatic carbocycles. The Morgan fingerprint density at radius 2 is 1.87 bits per heavy atom. The van der Waals surface area contributed by atoms with Crippen LogP contribution in [0.5, 0.6) is 11.5 Å². The number of hydrogen-bond acceptors (Lipinski definition) is 8. The predicted molar refractivity (Wildman–Crippen MR) is 112 cm³/mol. The van der Waals surface area contributed by atoms with Crippen LogP contribution in [0.3, 0.4) is 0 Å². The van der Waals surface area contributed by atoms with Crippen molar-refractivity contribution < 1.29 is 33.7 Å². The van der Waals surface area contributed by atoms with Crippen LogP contribution in [-0.4, -0.2) is 85.3 Å². The molecule has 10 heteroatoms. The zero-order valence-electron chi connectivity index (χ0n) is 17.4. The minimum absolute atomic E-state index is 0.00251. The molecule has 1 N–H and O–H groups in total. The minimum Gasteiger partial charge on any atom is -0.485 e. The van der Waals surface area contributed by atoms with Crippen LogP contribution in [0.15, 0.2) is 5.38 Å². The first-order valence-corrected chi connectivity index (χ1v) is 11.6. The Labute approximate surface area is 184 Å². The van der Waals surface area contributed by atoms with Gasteiger partial charge in [-0.1, -0.05) is 0 Å². The number of ether oxygens (including phenoxy) is 3. The van der Waals surface area contributed by atoms with Crippen molar-refractivity contribution in [1.29, 1.82) is 0 Å². The van der Waals surface area contributed by atoms with Gasteiger partial charge < -0.3 is 24.2 Å². The van der Waals surface area contributed by atoms with Gasteiger partial charge in [0, 0.05) is 31.4 Å². The van der Waals surface area contributed by atoms with Crippen LogP contribution in [-0.2, 0) is 14.3 Å². The van der Waals surface area contributed by atoms with Gasteiger partial charge in [-0.05, 0) is 38.8 Å². The quantitative estimate of drug-likeness (QED) is 0.547. The number of amides is 1. The van der Waals surface area contributed by atoms with Gasteiger partial charge in [0.15, 0.2) is 11.5 Å².